The standard InChI is InChI=1S/C16H15F2N3/c1-10-2-3-11(8-14(10)18)15-9-20-16(19)21(15)13-6-4-12(17)5-7-13/h2-8,15H,9H2,1H3,(H2,19,20). The van der Waals surface area contributed by atoms with Crippen molar-refractivity contribution in [1.82, 2.24) is 0 Å². The van der Waals surface area contributed by atoms with Crippen LogP contribution < -0.4 is 10.6 Å². The third kappa shape index (κ3) is 2.46. The van der Waals surface area contributed by atoms with Gasteiger partial charge in [0, 0.05) is 5.69 Å². The van der Waals surface area contributed by atoms with Crippen molar-refractivity contribution in [3.63, 3.8) is 0 Å². The van der Waals surface area contributed by atoms with Crippen LogP contribution in [0.5, 0.6) is 0 Å². The highest BCUT2D eigenvalue weighted by molar-refractivity contribution is 5.97. The Labute approximate surface area is 121 Å². The maximum Gasteiger partial charge on any atom is 0.196 e. The normalized spacial score (nSPS) is 18.0. The van der Waals surface area contributed by atoms with Gasteiger partial charge in [0.1, 0.15) is 11.6 Å². The van der Waals surface area contributed by atoms with Gasteiger partial charge >= 0.3 is 0 Å². The number of nitrogens with two attached hydrogens (primary N) is 1. The van der Waals surface area contributed by atoms with E-state index in [4.69, 9.17) is 5.73 Å². The highest BCUT2D eigenvalue weighted by Crippen LogP contribution is 2.31. The van der Waals surface area contributed by atoms with Crippen molar-refractivity contribution in [1.29, 1.82) is 0 Å². The third-order valence-corrected chi connectivity index (χ3v) is 3.67. The minimum Gasteiger partial charge on any atom is -0.369 e. The van der Waals surface area contributed by atoms with Crippen molar-refractivity contribution in [2.45, 2.75) is 13.0 Å². The number of halogens is 2. The largest absolute Gasteiger partial charge is 0.369 e. The molecule has 1 heterocycles. The smallest absolute Gasteiger partial charge is 0.196 e. The molecule has 0 bridgehead atoms. The van der Waals surface area contributed by atoms with E-state index in [0.717, 1.165) is 11.3 Å². The minimum atomic E-state index is -0.314. The van der Waals surface area contributed by atoms with Gasteiger partial charge < -0.3 is 10.6 Å². The lowest BCUT2D eigenvalue weighted by molar-refractivity contribution is 0.612. The molecule has 0 saturated heterocycles. The summed E-state index contributed by atoms with van der Waals surface area (Å²) in [7, 11) is 0. The molecule has 1 unspecified atom stereocenters. The zero-order valence-electron chi connectivity index (χ0n) is 11.6. The molecule has 5 heteroatoms. The van der Waals surface area contributed by atoms with Crippen LogP contribution in [0.3, 0.4) is 0 Å². The molecule has 0 aliphatic carbocycles. The summed E-state index contributed by atoms with van der Waals surface area (Å²) < 4.78 is 26.8. The van der Waals surface area contributed by atoms with Crippen molar-refractivity contribution >= 4 is 11.6 Å². The van der Waals surface area contributed by atoms with Crippen LogP contribution in [0.4, 0.5) is 14.5 Å². The van der Waals surface area contributed by atoms with Gasteiger partial charge in [0.15, 0.2) is 5.96 Å². The number of anilines is 1. The van der Waals surface area contributed by atoms with Crippen molar-refractivity contribution in [2.24, 2.45) is 10.7 Å². The van der Waals surface area contributed by atoms with Gasteiger partial charge in [-0.3, -0.25) is 4.99 Å². The van der Waals surface area contributed by atoms with Gasteiger partial charge in [-0.15, -0.1) is 0 Å². The molecule has 0 saturated carbocycles. The lowest BCUT2D eigenvalue weighted by Gasteiger charge is -2.26. The summed E-state index contributed by atoms with van der Waals surface area (Å²) in [6.45, 7) is 2.17. The number of hydrogen-bond acceptors (Lipinski definition) is 3. The Balaban J connectivity index is 1.98. The van der Waals surface area contributed by atoms with Crippen LogP contribution in [0, 0.1) is 18.6 Å². The quantitative estimate of drug-likeness (QED) is 0.922. The van der Waals surface area contributed by atoms with Crippen LogP contribution in [0.1, 0.15) is 17.2 Å². The van der Waals surface area contributed by atoms with E-state index < -0.39 is 0 Å². The van der Waals surface area contributed by atoms with Crippen LogP contribution in [0.2, 0.25) is 0 Å². The minimum absolute atomic E-state index is 0.175. The zero-order valence-corrected chi connectivity index (χ0v) is 11.6. The van der Waals surface area contributed by atoms with Crippen LogP contribution in [-0.2, 0) is 0 Å². The summed E-state index contributed by atoms with van der Waals surface area (Å²) in [4.78, 5) is 6.03. The Bertz CT molecular complexity index is 695. The Hall–Kier alpha value is -2.43. The molecule has 2 N–H and O–H groups in total. The van der Waals surface area contributed by atoms with E-state index >= 15 is 0 Å². The summed E-state index contributed by atoms with van der Waals surface area (Å²) in [5.74, 6) is -0.212. The Morgan fingerprint density at radius 1 is 1.14 bits per heavy atom. The summed E-state index contributed by atoms with van der Waals surface area (Å²) in [6.07, 6.45) is 0. The summed E-state index contributed by atoms with van der Waals surface area (Å²) in [5.41, 5.74) is 8.06. The maximum atomic E-state index is 13.8. The predicted molar refractivity (Wildman–Crippen MR) is 79.2 cm³/mol. The molecule has 0 fully saturated rings. The van der Waals surface area contributed by atoms with Gasteiger partial charge in [0.25, 0.3) is 0 Å². The fraction of sp³-hybridized carbons (Fsp3) is 0.188. The Morgan fingerprint density at radius 3 is 2.52 bits per heavy atom. The Morgan fingerprint density at radius 2 is 1.86 bits per heavy atom. The maximum absolute atomic E-state index is 13.8. The number of aliphatic imine (C=N–C) groups is 1. The van der Waals surface area contributed by atoms with E-state index in [1.807, 2.05) is 6.07 Å². The predicted octanol–water partition coefficient (Wildman–Crippen LogP) is 3.15. The van der Waals surface area contributed by atoms with E-state index in [0.29, 0.717) is 18.1 Å². The van der Waals surface area contributed by atoms with Gasteiger partial charge in [-0.1, -0.05) is 12.1 Å². The first kappa shape index (κ1) is 13.5. The van der Waals surface area contributed by atoms with Crippen LogP contribution >= 0.6 is 0 Å². The van der Waals surface area contributed by atoms with Gasteiger partial charge in [-0.2, -0.15) is 0 Å². The fourth-order valence-electron chi connectivity index (χ4n) is 2.48. The molecular formula is C16H15F2N3. The van der Waals surface area contributed by atoms with Crippen LogP contribution in [0.15, 0.2) is 47.5 Å². The molecular weight excluding hydrogens is 272 g/mol. The highest BCUT2D eigenvalue weighted by atomic mass is 19.1. The lowest BCUT2D eigenvalue weighted by Crippen LogP contribution is -2.36. The van der Waals surface area contributed by atoms with Gasteiger partial charge in [-0.05, 0) is 48.4 Å². The van der Waals surface area contributed by atoms with Crippen molar-refractivity contribution in [2.75, 3.05) is 11.4 Å². The molecule has 1 aliphatic rings. The van der Waals surface area contributed by atoms with E-state index in [9.17, 15) is 8.78 Å². The molecule has 3 nitrogen and oxygen atoms in total. The zero-order chi connectivity index (χ0) is 15.0. The summed E-state index contributed by atoms with van der Waals surface area (Å²) >= 11 is 0. The molecule has 21 heavy (non-hydrogen) atoms. The molecule has 3 rings (SSSR count). The van der Waals surface area contributed by atoms with Crippen molar-refractivity contribution in [3.8, 4) is 0 Å². The van der Waals surface area contributed by atoms with Crippen LogP contribution in [0.25, 0.3) is 0 Å². The lowest BCUT2D eigenvalue weighted by atomic mass is 10.0. The summed E-state index contributed by atoms with van der Waals surface area (Å²) in [6, 6.07) is 11.0. The number of hydrogen-bond donors (Lipinski definition) is 1. The molecule has 0 aromatic heterocycles. The number of aryl methyl sites for hydroxylation is 1. The van der Waals surface area contributed by atoms with Crippen molar-refractivity contribution < 1.29 is 8.78 Å². The second-order valence-electron chi connectivity index (χ2n) is 5.07. The number of rotatable bonds is 2. The molecule has 2 aromatic rings. The molecule has 0 spiro atoms. The molecule has 1 aliphatic heterocycles. The third-order valence-electron chi connectivity index (χ3n) is 3.67. The van der Waals surface area contributed by atoms with Crippen LogP contribution in [-0.4, -0.2) is 12.5 Å². The van der Waals surface area contributed by atoms with Gasteiger partial charge in [0.05, 0.1) is 12.6 Å². The Kier molecular flexibility index (Phi) is 3.33. The molecule has 1 atom stereocenters. The number of benzene rings is 2. The molecule has 108 valence electrons. The second kappa shape index (κ2) is 5.16. The monoisotopic (exact) mass is 287 g/mol. The molecule has 0 radical (unpaired) electrons. The highest BCUT2D eigenvalue weighted by Gasteiger charge is 2.29. The fourth-order valence-corrected chi connectivity index (χ4v) is 2.48. The van der Waals surface area contributed by atoms with Gasteiger partial charge in [0.2, 0.25) is 0 Å². The van der Waals surface area contributed by atoms with Gasteiger partial charge in [-0.25, -0.2) is 8.78 Å². The second-order valence-corrected chi connectivity index (χ2v) is 5.07. The average molecular weight is 287 g/mol. The average Bonchev–Trinajstić information content (AvgIpc) is 2.85. The SMILES string of the molecule is Cc1ccc(C2CN=C(N)N2c2ccc(F)cc2)cc1F. The first-order chi connectivity index (χ1) is 10.1. The van der Waals surface area contributed by atoms with E-state index in [-0.39, 0.29) is 17.7 Å². The summed E-state index contributed by atoms with van der Waals surface area (Å²) in [5, 5.41) is 0. The van der Waals surface area contributed by atoms with E-state index in [1.165, 1.54) is 18.2 Å². The number of guanidine groups is 1. The number of nitrogens with zero attached hydrogens (tertiary/aromatic N) is 2. The first-order valence-electron chi connectivity index (χ1n) is 6.67. The molecule has 0 amide bonds. The first-order valence-corrected chi connectivity index (χ1v) is 6.67. The van der Waals surface area contributed by atoms with E-state index in [2.05, 4.69) is 4.99 Å². The van der Waals surface area contributed by atoms with Crippen molar-refractivity contribution in [3.05, 3.63) is 65.2 Å². The molecule has 2 aromatic carbocycles. The van der Waals surface area contributed by atoms with E-state index in [1.54, 1.807) is 30.0 Å². The topological polar surface area (TPSA) is 41.6 Å².